The predicted molar refractivity (Wildman–Crippen MR) is 113 cm³/mol. The molecule has 0 spiro atoms. The summed E-state index contributed by atoms with van der Waals surface area (Å²) in [6, 6.07) is 7.71. The lowest BCUT2D eigenvalue weighted by Gasteiger charge is -2.38. The summed E-state index contributed by atoms with van der Waals surface area (Å²) in [7, 11) is 0. The van der Waals surface area contributed by atoms with Gasteiger partial charge >= 0.3 is 0 Å². The maximum atomic E-state index is 13.1. The van der Waals surface area contributed by atoms with Gasteiger partial charge in [-0.1, -0.05) is 20.3 Å². The maximum Gasteiger partial charge on any atom is 0.256 e. The van der Waals surface area contributed by atoms with E-state index in [0.29, 0.717) is 19.1 Å². The zero-order valence-corrected chi connectivity index (χ0v) is 17.5. The van der Waals surface area contributed by atoms with Crippen LogP contribution in [-0.2, 0) is 9.53 Å². The van der Waals surface area contributed by atoms with E-state index < -0.39 is 5.60 Å². The van der Waals surface area contributed by atoms with E-state index >= 15 is 0 Å². The van der Waals surface area contributed by atoms with Crippen LogP contribution in [0, 0.1) is 5.92 Å². The zero-order chi connectivity index (χ0) is 19.8. The van der Waals surface area contributed by atoms with Gasteiger partial charge in [-0.3, -0.25) is 9.69 Å². The number of nitrogens with one attached hydrogen (secondary N) is 1. The van der Waals surface area contributed by atoms with Gasteiger partial charge in [-0.2, -0.15) is 0 Å². The second-order valence-corrected chi connectivity index (χ2v) is 8.42. The van der Waals surface area contributed by atoms with Crippen LogP contribution in [0.15, 0.2) is 24.3 Å². The smallest absolute Gasteiger partial charge is 0.256 e. The van der Waals surface area contributed by atoms with E-state index in [1.54, 1.807) is 0 Å². The topological polar surface area (TPSA) is 50.8 Å². The molecule has 3 rings (SSSR count). The molecule has 1 aromatic rings. The molecule has 0 bridgehead atoms. The number of carbonyl (C=O) groups excluding carboxylic acids is 1. The largest absolute Gasteiger partial charge is 0.492 e. The molecule has 1 heterocycles. The summed E-state index contributed by atoms with van der Waals surface area (Å²) in [5, 5.41) is 3.08. The fourth-order valence-electron chi connectivity index (χ4n) is 4.38. The zero-order valence-electron chi connectivity index (χ0n) is 17.5. The molecule has 5 nitrogen and oxygen atoms in total. The van der Waals surface area contributed by atoms with E-state index in [1.807, 2.05) is 24.3 Å². The van der Waals surface area contributed by atoms with E-state index in [4.69, 9.17) is 9.47 Å². The molecule has 5 heteroatoms. The fourth-order valence-corrected chi connectivity index (χ4v) is 4.38. The van der Waals surface area contributed by atoms with Gasteiger partial charge in [-0.05, 0) is 81.8 Å². The van der Waals surface area contributed by atoms with Gasteiger partial charge in [-0.25, -0.2) is 0 Å². The molecule has 1 saturated heterocycles. The number of hydrogen-bond donors (Lipinski definition) is 1. The number of likely N-dealkylation sites (tertiary alicyclic amines) is 1. The molecule has 0 aromatic heterocycles. The highest BCUT2D eigenvalue weighted by atomic mass is 16.5. The van der Waals surface area contributed by atoms with E-state index in [2.05, 4.69) is 24.1 Å². The van der Waals surface area contributed by atoms with Crippen molar-refractivity contribution >= 4 is 11.6 Å². The van der Waals surface area contributed by atoms with Crippen molar-refractivity contribution < 1.29 is 14.3 Å². The normalized spacial score (nSPS) is 25.6. The highest BCUT2D eigenvalue weighted by molar-refractivity contribution is 5.97. The monoisotopic (exact) mass is 388 g/mol. The van der Waals surface area contributed by atoms with Crippen LogP contribution in [0.25, 0.3) is 0 Å². The van der Waals surface area contributed by atoms with Crippen molar-refractivity contribution in [3.63, 3.8) is 0 Å². The number of amides is 1. The predicted octanol–water partition coefficient (Wildman–Crippen LogP) is 4.48. The molecule has 2 fully saturated rings. The summed E-state index contributed by atoms with van der Waals surface area (Å²) in [6.45, 7) is 8.99. The summed E-state index contributed by atoms with van der Waals surface area (Å²) in [6.07, 6.45) is 7.35. The van der Waals surface area contributed by atoms with Crippen LogP contribution in [0.4, 0.5) is 5.69 Å². The van der Waals surface area contributed by atoms with Crippen molar-refractivity contribution in [3.05, 3.63) is 24.3 Å². The number of anilines is 1. The number of carbonyl (C=O) groups is 1. The van der Waals surface area contributed by atoms with Gasteiger partial charge in [0.1, 0.15) is 18.0 Å². The first-order valence-electron chi connectivity index (χ1n) is 11.0. The molecule has 0 unspecified atom stereocenters. The molecule has 2 atom stereocenters. The Morgan fingerprint density at radius 3 is 2.61 bits per heavy atom. The maximum absolute atomic E-state index is 13.1. The molecule has 2 aliphatic rings. The Morgan fingerprint density at radius 2 is 1.93 bits per heavy atom. The number of rotatable bonds is 9. The Labute approximate surface area is 169 Å². The third-order valence-electron chi connectivity index (χ3n) is 5.94. The summed E-state index contributed by atoms with van der Waals surface area (Å²) in [5.41, 5.74) is 0.119. The van der Waals surface area contributed by atoms with Crippen LogP contribution in [0.1, 0.15) is 58.8 Å². The molecule has 156 valence electrons. The molecule has 1 aromatic carbocycles. The Bertz CT molecular complexity index is 613. The average Bonchev–Trinajstić information content (AvgIpc) is 3.21. The SMILES string of the molecule is CCCO[C@@]1(C(=O)Nc2ccc(OCCN3CCCC3)cc2)CCC[C@H](C)C1. The van der Waals surface area contributed by atoms with Gasteiger partial charge in [0.15, 0.2) is 0 Å². The summed E-state index contributed by atoms with van der Waals surface area (Å²) in [4.78, 5) is 15.5. The summed E-state index contributed by atoms with van der Waals surface area (Å²) >= 11 is 0. The Kier molecular flexibility index (Phi) is 7.74. The highest BCUT2D eigenvalue weighted by Crippen LogP contribution is 2.36. The van der Waals surface area contributed by atoms with Crippen LogP contribution in [0.2, 0.25) is 0 Å². The summed E-state index contributed by atoms with van der Waals surface area (Å²) in [5.74, 6) is 1.36. The van der Waals surface area contributed by atoms with E-state index in [0.717, 1.165) is 43.7 Å². The van der Waals surface area contributed by atoms with Crippen LogP contribution in [0.5, 0.6) is 5.75 Å². The molecule has 1 amide bonds. The molecule has 1 N–H and O–H groups in total. The first-order valence-corrected chi connectivity index (χ1v) is 11.0. The Balaban J connectivity index is 1.53. The third-order valence-corrected chi connectivity index (χ3v) is 5.94. The quantitative estimate of drug-likeness (QED) is 0.678. The molecule has 1 aliphatic heterocycles. The number of benzene rings is 1. The number of ether oxygens (including phenoxy) is 2. The summed E-state index contributed by atoms with van der Waals surface area (Å²) < 4.78 is 12.0. The van der Waals surface area contributed by atoms with Gasteiger partial charge < -0.3 is 14.8 Å². The van der Waals surface area contributed by atoms with Crippen molar-refractivity contribution in [2.75, 3.05) is 38.2 Å². The van der Waals surface area contributed by atoms with Gasteiger partial charge in [0.2, 0.25) is 0 Å². The second kappa shape index (κ2) is 10.3. The minimum Gasteiger partial charge on any atom is -0.492 e. The number of hydrogen-bond acceptors (Lipinski definition) is 4. The minimum absolute atomic E-state index is 0.00444. The van der Waals surface area contributed by atoms with Gasteiger partial charge in [0, 0.05) is 18.8 Å². The van der Waals surface area contributed by atoms with Crippen LogP contribution in [-0.4, -0.2) is 49.3 Å². The first-order chi connectivity index (χ1) is 13.6. The van der Waals surface area contributed by atoms with Gasteiger partial charge in [0.25, 0.3) is 5.91 Å². The van der Waals surface area contributed by atoms with Crippen LogP contribution in [0.3, 0.4) is 0 Å². The second-order valence-electron chi connectivity index (χ2n) is 8.42. The first kappa shape index (κ1) is 21.1. The lowest BCUT2D eigenvalue weighted by atomic mass is 9.78. The van der Waals surface area contributed by atoms with Crippen LogP contribution >= 0.6 is 0 Å². The van der Waals surface area contributed by atoms with Gasteiger partial charge in [0.05, 0.1) is 0 Å². The number of nitrogens with zero attached hydrogens (tertiary/aromatic N) is 1. The average molecular weight is 389 g/mol. The highest BCUT2D eigenvalue weighted by Gasteiger charge is 2.42. The molecule has 0 radical (unpaired) electrons. The molecule has 1 saturated carbocycles. The van der Waals surface area contributed by atoms with E-state index in [9.17, 15) is 4.79 Å². The lowest BCUT2D eigenvalue weighted by molar-refractivity contribution is -0.148. The lowest BCUT2D eigenvalue weighted by Crippen LogP contribution is -2.48. The molecular weight excluding hydrogens is 352 g/mol. The van der Waals surface area contributed by atoms with Crippen LogP contribution < -0.4 is 10.1 Å². The van der Waals surface area contributed by atoms with E-state index in [-0.39, 0.29) is 5.91 Å². The Hall–Kier alpha value is -1.59. The van der Waals surface area contributed by atoms with Crippen molar-refractivity contribution in [1.82, 2.24) is 4.90 Å². The fraction of sp³-hybridized carbons (Fsp3) is 0.696. The van der Waals surface area contributed by atoms with Crippen molar-refractivity contribution in [1.29, 1.82) is 0 Å². The van der Waals surface area contributed by atoms with Crippen molar-refractivity contribution in [2.24, 2.45) is 5.92 Å². The molecule has 1 aliphatic carbocycles. The third kappa shape index (κ3) is 5.71. The minimum atomic E-state index is -0.682. The standard InChI is InChI=1S/C23H36N2O3/c1-3-16-28-23(12-6-7-19(2)18-23)22(26)24-20-8-10-21(11-9-20)27-17-15-25-13-4-5-14-25/h8-11,19H,3-7,12-18H2,1-2H3,(H,24,26)/t19-,23-/m0/s1. The molecular formula is C23H36N2O3. The van der Waals surface area contributed by atoms with Crippen molar-refractivity contribution in [2.45, 2.75) is 64.4 Å². The van der Waals surface area contributed by atoms with E-state index in [1.165, 1.54) is 32.4 Å². The Morgan fingerprint density at radius 1 is 1.18 bits per heavy atom. The molecule has 28 heavy (non-hydrogen) atoms. The van der Waals surface area contributed by atoms with Crippen molar-refractivity contribution in [3.8, 4) is 5.75 Å². The van der Waals surface area contributed by atoms with Gasteiger partial charge in [-0.15, -0.1) is 0 Å².